The molecule has 4 aromatic carbocycles. The average Bonchev–Trinajstić information content (AvgIpc) is 4.31. The molecule has 9 aromatic rings. The summed E-state index contributed by atoms with van der Waals surface area (Å²) in [7, 11) is 0. The second-order valence-corrected chi connectivity index (χ2v) is 21.5. The average molecular weight is 1060 g/mol. The molecule has 0 unspecified atom stereocenters. The predicted octanol–water partition coefficient (Wildman–Crippen LogP) is 15.5. The zero-order valence-electron chi connectivity index (χ0n) is 44.6. The maximum Gasteiger partial charge on any atom is 0.248 e. The van der Waals surface area contributed by atoms with Crippen molar-refractivity contribution in [3.05, 3.63) is 223 Å². The largest absolute Gasteiger partial charge is 0.355 e. The lowest BCUT2D eigenvalue weighted by atomic mass is 9.98. The Kier molecular flexibility index (Phi) is 14.2. The Bertz CT molecular complexity index is 4270. The first-order valence-electron chi connectivity index (χ1n) is 26.1. The van der Waals surface area contributed by atoms with Crippen LogP contribution in [-0.2, 0) is 9.59 Å². The van der Waals surface area contributed by atoms with Gasteiger partial charge in [-0.1, -0.05) is 121 Å². The zero-order valence-corrected chi connectivity index (χ0v) is 46.2. The lowest BCUT2D eigenvalue weighted by molar-refractivity contribution is -0.118. The smallest absolute Gasteiger partial charge is 0.248 e. The molecule has 11 rings (SSSR count). The number of aromatic nitrogens is 6. The molecule has 386 valence electrons. The van der Waals surface area contributed by atoms with Crippen molar-refractivity contribution in [2.45, 2.75) is 67.2 Å². The van der Waals surface area contributed by atoms with E-state index in [2.05, 4.69) is 176 Å². The van der Waals surface area contributed by atoms with Gasteiger partial charge in [0.2, 0.25) is 11.8 Å². The molecule has 2 amide bonds. The highest BCUT2D eigenvalue weighted by Gasteiger charge is 2.24. The zero-order chi connectivity index (χ0) is 54.2. The molecule has 2 N–H and O–H groups in total. The van der Waals surface area contributed by atoms with Gasteiger partial charge < -0.3 is 9.97 Å². The van der Waals surface area contributed by atoms with Crippen LogP contribution >= 0.6 is 22.7 Å². The fourth-order valence-corrected chi connectivity index (χ4v) is 12.2. The molecule has 2 aliphatic heterocycles. The molecule has 8 bridgehead atoms. The summed E-state index contributed by atoms with van der Waals surface area (Å²) < 4.78 is 4.12. The van der Waals surface area contributed by atoms with Gasteiger partial charge in [0, 0.05) is 68.2 Å². The van der Waals surface area contributed by atoms with Gasteiger partial charge in [-0.2, -0.15) is 9.98 Å². The minimum absolute atomic E-state index is 0.143. The van der Waals surface area contributed by atoms with E-state index in [1.165, 1.54) is 22.7 Å². The summed E-state index contributed by atoms with van der Waals surface area (Å²) in [5, 5.41) is 4.12. The molecule has 0 radical (unpaired) electrons. The minimum Gasteiger partial charge on any atom is -0.355 e. The molecule has 5 aromatic heterocycles. The Morgan fingerprint density at radius 3 is 1.33 bits per heavy atom. The number of nitrogens with zero attached hydrogens (tertiary/aromatic N) is 6. The molecule has 10 nitrogen and oxygen atoms in total. The van der Waals surface area contributed by atoms with Crippen LogP contribution in [0.1, 0.15) is 95.7 Å². The second-order valence-electron chi connectivity index (χ2n) is 19.8. The van der Waals surface area contributed by atoms with Crippen molar-refractivity contribution in [1.29, 1.82) is 0 Å². The summed E-state index contributed by atoms with van der Waals surface area (Å²) >= 11 is 2.90. The van der Waals surface area contributed by atoms with Gasteiger partial charge in [-0.3, -0.25) is 18.7 Å². The van der Waals surface area contributed by atoms with Crippen molar-refractivity contribution in [3.8, 4) is 33.9 Å². The Hall–Kier alpha value is -8.84. The first-order chi connectivity index (χ1) is 37.8. The molecule has 2 aliphatic rings. The first kappa shape index (κ1) is 51.3. The SMILES string of the molecule is C=Cc1c(C)c2cc3[nH]c(cc4nc(cc5nc(cc1[nH]2)C(C)=C5CCC(=O)N=c1scc(-c2ccccc2)n1-c1ccc(C)cc1)C(CCC(=O)N=c1scc(-c2ccccc2)n1-c1ccc(C)cc1)=C4C)c(C)c3C=C. The van der Waals surface area contributed by atoms with E-state index in [0.717, 1.165) is 123 Å². The van der Waals surface area contributed by atoms with Crippen LogP contribution in [0.3, 0.4) is 0 Å². The first-order valence-corrected chi connectivity index (χ1v) is 27.8. The van der Waals surface area contributed by atoms with Crippen molar-refractivity contribution in [3.63, 3.8) is 0 Å². The highest BCUT2D eigenvalue weighted by Crippen LogP contribution is 2.39. The number of allylic oxidation sites excluding steroid dienone is 4. The second kappa shape index (κ2) is 21.7. The van der Waals surface area contributed by atoms with E-state index >= 15 is 0 Å². The van der Waals surface area contributed by atoms with Crippen LogP contribution in [-0.4, -0.2) is 40.9 Å². The van der Waals surface area contributed by atoms with Crippen molar-refractivity contribution < 1.29 is 9.59 Å². The van der Waals surface area contributed by atoms with Crippen LogP contribution in [0, 0.1) is 27.7 Å². The van der Waals surface area contributed by atoms with E-state index in [1.54, 1.807) is 0 Å². The Balaban J connectivity index is 1.01. The van der Waals surface area contributed by atoms with Crippen LogP contribution in [0.5, 0.6) is 0 Å². The molecule has 0 spiro atoms. The van der Waals surface area contributed by atoms with Crippen molar-refractivity contribution in [1.82, 2.24) is 29.1 Å². The number of thiazole rings is 2. The topological polar surface area (TPSA) is 126 Å². The minimum atomic E-state index is -0.242. The van der Waals surface area contributed by atoms with Gasteiger partial charge in [0.15, 0.2) is 9.60 Å². The number of H-pyrrole nitrogens is 2. The number of amides is 2. The fraction of sp³-hybridized carbons (Fsp3) is 0.152. The third kappa shape index (κ3) is 10.0. The number of carbonyl (C=O) groups excluding carboxylic acids is 2. The van der Waals surface area contributed by atoms with Crippen molar-refractivity contribution in [2.24, 2.45) is 9.98 Å². The van der Waals surface area contributed by atoms with Gasteiger partial charge in [0.05, 0.1) is 34.2 Å². The van der Waals surface area contributed by atoms with Crippen LogP contribution in [0.15, 0.2) is 167 Å². The molecular formula is C66H58N8O2S2. The van der Waals surface area contributed by atoms with Crippen molar-refractivity contribution >= 4 is 91.0 Å². The summed E-state index contributed by atoms with van der Waals surface area (Å²) in [6.07, 6.45) is 4.81. The maximum atomic E-state index is 14.3. The fourth-order valence-electron chi connectivity index (χ4n) is 10.4. The number of hydrogen-bond acceptors (Lipinski definition) is 6. The number of carbonyl (C=O) groups is 2. The summed E-state index contributed by atoms with van der Waals surface area (Å²) in [5.41, 5.74) is 22.5. The number of hydrogen-bond donors (Lipinski definition) is 2. The van der Waals surface area contributed by atoms with E-state index in [1.807, 2.05) is 54.6 Å². The lowest BCUT2D eigenvalue weighted by Crippen LogP contribution is -2.16. The lowest BCUT2D eigenvalue weighted by Gasteiger charge is -2.10. The summed E-state index contributed by atoms with van der Waals surface area (Å²) in [5.74, 6) is -0.483. The number of rotatable bonds is 12. The number of aromatic amines is 2. The van der Waals surface area contributed by atoms with E-state index in [0.29, 0.717) is 33.8 Å². The summed E-state index contributed by atoms with van der Waals surface area (Å²) in [4.78, 5) is 57.4. The molecule has 0 saturated carbocycles. The highest BCUT2D eigenvalue weighted by molar-refractivity contribution is 7.07. The quantitative estimate of drug-likeness (QED) is 0.126. The molecule has 0 aliphatic carbocycles. The summed E-state index contributed by atoms with van der Waals surface area (Å²) in [6, 6.07) is 45.2. The van der Waals surface area contributed by atoms with Gasteiger partial charge in [-0.25, -0.2) is 9.97 Å². The number of nitrogens with one attached hydrogen (secondary N) is 2. The highest BCUT2D eigenvalue weighted by atomic mass is 32.1. The van der Waals surface area contributed by atoms with Crippen molar-refractivity contribution in [2.75, 3.05) is 0 Å². The molecule has 78 heavy (non-hydrogen) atoms. The molecule has 7 heterocycles. The third-order valence-electron chi connectivity index (χ3n) is 14.8. The van der Waals surface area contributed by atoms with Gasteiger partial charge in [0.25, 0.3) is 0 Å². The third-order valence-corrected chi connectivity index (χ3v) is 16.5. The Morgan fingerprint density at radius 1 is 0.513 bits per heavy atom. The maximum absolute atomic E-state index is 14.3. The van der Waals surface area contributed by atoms with E-state index in [-0.39, 0.29) is 24.7 Å². The Morgan fingerprint density at radius 2 is 0.910 bits per heavy atom. The number of benzene rings is 4. The molecule has 12 heteroatoms. The van der Waals surface area contributed by atoms with Gasteiger partial charge in [-0.15, -0.1) is 22.7 Å². The van der Waals surface area contributed by atoms with Crippen LogP contribution in [0.25, 0.3) is 90.4 Å². The monoisotopic (exact) mass is 1060 g/mol. The van der Waals surface area contributed by atoms with E-state index < -0.39 is 0 Å². The van der Waals surface area contributed by atoms with Crippen LogP contribution in [0.4, 0.5) is 0 Å². The standard InChI is InChI=1S/C66H58N8O2S2/c1-9-49-41(5)53-33-54-43(7)51(29-31-63(75)71-65-73(47-25-21-39(3)22-26-47)61(37-77-65)45-17-13-11-14-18-45)59(69-54)36-60-52(44(8)56(70-60)35-58-50(10-2)42(6)55(68-58)34-57(49)67-53)30-32-64(76)72-66-74(48-27-23-40(4)24-28-48)62(38-78-66)46-19-15-12-16-20-46/h9-28,33-38,67-68H,1-2,29-32H2,3-8H3. The normalized spacial score (nSPS) is 12.9. The summed E-state index contributed by atoms with van der Waals surface area (Å²) in [6.45, 7) is 20.8. The van der Waals surface area contributed by atoms with Crippen LogP contribution < -0.4 is 9.60 Å². The van der Waals surface area contributed by atoms with Gasteiger partial charge in [0.1, 0.15) is 0 Å². The van der Waals surface area contributed by atoms with E-state index in [9.17, 15) is 9.59 Å². The predicted molar refractivity (Wildman–Crippen MR) is 323 cm³/mol. The molecular weight excluding hydrogens is 1000 g/mol. The van der Waals surface area contributed by atoms with Crippen LogP contribution in [0.2, 0.25) is 0 Å². The molecule has 0 saturated heterocycles. The number of fused-ring (bicyclic) bond motifs is 8. The molecule has 0 fully saturated rings. The van der Waals surface area contributed by atoms with E-state index in [4.69, 9.17) is 20.0 Å². The number of aryl methyl sites for hydroxylation is 4. The van der Waals surface area contributed by atoms with Gasteiger partial charge >= 0.3 is 0 Å². The molecule has 0 atom stereocenters. The Labute approximate surface area is 461 Å². The van der Waals surface area contributed by atoms with Gasteiger partial charge in [-0.05, 0) is 147 Å².